The lowest BCUT2D eigenvalue weighted by molar-refractivity contribution is -0.136. The van der Waals surface area contributed by atoms with E-state index >= 15 is 0 Å². The van der Waals surface area contributed by atoms with Gasteiger partial charge < -0.3 is 29.2 Å². The molecule has 2 atom stereocenters. The summed E-state index contributed by atoms with van der Waals surface area (Å²) >= 11 is 0. The quantitative estimate of drug-likeness (QED) is 0.535. The van der Waals surface area contributed by atoms with Crippen molar-refractivity contribution in [2.24, 2.45) is 0 Å². The maximum absolute atomic E-state index is 13.4. The molecule has 3 heterocycles. The van der Waals surface area contributed by atoms with E-state index in [2.05, 4.69) is 34.0 Å². The number of nitrogens with one attached hydrogen (secondary N) is 1. The van der Waals surface area contributed by atoms with Crippen molar-refractivity contribution in [3.63, 3.8) is 0 Å². The number of anilines is 1. The number of rotatable bonds is 7. The molecule has 1 N–H and O–H groups in total. The van der Waals surface area contributed by atoms with Gasteiger partial charge in [-0.2, -0.15) is 0 Å². The number of nitrogens with zero attached hydrogens (tertiary/aromatic N) is 4. The van der Waals surface area contributed by atoms with E-state index < -0.39 is 36.1 Å². The van der Waals surface area contributed by atoms with Crippen LogP contribution in [0.25, 0.3) is 0 Å². The molecule has 38 heavy (non-hydrogen) atoms. The molecule has 11 heteroatoms. The Kier molecular flexibility index (Phi) is 9.03. The average molecular weight is 532 g/mol. The van der Waals surface area contributed by atoms with Crippen LogP contribution < -0.4 is 15.7 Å². The molecule has 0 unspecified atom stereocenters. The highest BCUT2D eigenvalue weighted by Crippen LogP contribution is 2.36. The Hall–Kier alpha value is -2.40. The number of likely N-dealkylation sites (tertiary alicyclic amines) is 1. The first-order chi connectivity index (χ1) is 17.5. The molecule has 0 bridgehead atoms. The Balaban J connectivity index is 1.70. The maximum atomic E-state index is 13.4. The van der Waals surface area contributed by atoms with Gasteiger partial charge in [0, 0.05) is 43.0 Å². The number of carbonyl (C=O) groups excluding carboxylic acids is 2. The Morgan fingerprint density at radius 2 is 1.71 bits per heavy atom. The van der Waals surface area contributed by atoms with Gasteiger partial charge in [0.1, 0.15) is 11.6 Å². The van der Waals surface area contributed by atoms with Gasteiger partial charge in [-0.3, -0.25) is 4.79 Å². The average Bonchev–Trinajstić information content (AvgIpc) is 3.02. The Morgan fingerprint density at radius 1 is 1.13 bits per heavy atom. The second kappa shape index (κ2) is 11.4. The largest absolute Gasteiger partial charge is 0.498 e. The van der Waals surface area contributed by atoms with E-state index in [1.54, 1.807) is 40.1 Å². The van der Waals surface area contributed by atoms with E-state index in [0.29, 0.717) is 19.0 Å². The molecule has 2 fully saturated rings. The van der Waals surface area contributed by atoms with Gasteiger partial charge in [0.05, 0.1) is 11.2 Å². The summed E-state index contributed by atoms with van der Waals surface area (Å²) < 4.78 is 17.6. The van der Waals surface area contributed by atoms with Crippen LogP contribution in [-0.4, -0.2) is 82.0 Å². The predicted octanol–water partition coefficient (Wildman–Crippen LogP) is 3.28. The number of ether oxygens (including phenoxy) is 1. The Morgan fingerprint density at radius 3 is 2.24 bits per heavy atom. The molecule has 2 saturated heterocycles. The normalized spacial score (nSPS) is 21.8. The first kappa shape index (κ1) is 30.2. The molecule has 3 rings (SSSR count). The Bertz CT molecular complexity index is 963. The summed E-state index contributed by atoms with van der Waals surface area (Å²) in [7, 11) is -0.521. The van der Waals surface area contributed by atoms with Gasteiger partial charge in [-0.1, -0.05) is 0 Å². The fourth-order valence-corrected chi connectivity index (χ4v) is 4.61. The highest BCUT2D eigenvalue weighted by Gasteiger charge is 2.52. The SMILES string of the molecule is CC(C)N(C[C@H]1CCCCN1C(=O)[C@@H](C)NC(=O)OC(C)(C)C)c1ncc(B2OC(C)(C)C(C)(C)O2)cn1. The number of carbonyl (C=O) groups is 2. The van der Waals surface area contributed by atoms with Gasteiger partial charge in [0.25, 0.3) is 0 Å². The van der Waals surface area contributed by atoms with Crippen molar-refractivity contribution in [3.05, 3.63) is 12.4 Å². The number of piperidine rings is 1. The summed E-state index contributed by atoms with van der Waals surface area (Å²) in [6.45, 7) is 20.6. The first-order valence-corrected chi connectivity index (χ1v) is 13.7. The maximum Gasteiger partial charge on any atom is 0.498 e. The van der Waals surface area contributed by atoms with Crippen molar-refractivity contribution in [1.82, 2.24) is 20.2 Å². The fraction of sp³-hybridized carbons (Fsp3) is 0.778. The summed E-state index contributed by atoms with van der Waals surface area (Å²) in [5, 5.41) is 2.69. The zero-order valence-corrected chi connectivity index (χ0v) is 24.8. The standard InChI is InChI=1S/C27H46BN5O5/c1-18(2)33(23-29-15-20(16-30-23)28-37-26(7,8)27(9,10)38-28)17-21-13-11-12-14-32(21)22(34)19(3)31-24(35)36-25(4,5)6/h15-16,18-19,21H,11-14,17H2,1-10H3,(H,31,35)/t19-,21-/m1/s1. The predicted molar refractivity (Wildman–Crippen MR) is 148 cm³/mol. The molecule has 1 aromatic rings. The zero-order valence-electron chi connectivity index (χ0n) is 24.8. The van der Waals surface area contributed by atoms with Crippen molar-refractivity contribution >= 4 is 30.5 Å². The van der Waals surface area contributed by atoms with Gasteiger partial charge in [-0.05, 0) is 88.5 Å². The van der Waals surface area contributed by atoms with Gasteiger partial charge in [0.2, 0.25) is 11.9 Å². The first-order valence-electron chi connectivity index (χ1n) is 13.7. The van der Waals surface area contributed by atoms with Crippen molar-refractivity contribution < 1.29 is 23.6 Å². The molecule has 2 amide bonds. The number of hydrogen-bond donors (Lipinski definition) is 1. The third kappa shape index (κ3) is 7.17. The van der Waals surface area contributed by atoms with Crippen LogP contribution in [0.2, 0.25) is 0 Å². The van der Waals surface area contributed by atoms with Crippen molar-refractivity contribution in [2.75, 3.05) is 18.0 Å². The zero-order chi connectivity index (χ0) is 28.5. The minimum atomic E-state index is -0.687. The lowest BCUT2D eigenvalue weighted by Crippen LogP contribution is -2.56. The fourth-order valence-electron chi connectivity index (χ4n) is 4.61. The summed E-state index contributed by atoms with van der Waals surface area (Å²) in [5.41, 5.74) is -0.733. The summed E-state index contributed by atoms with van der Waals surface area (Å²) in [6, 6.07) is -0.588. The molecule has 2 aliphatic heterocycles. The van der Waals surface area contributed by atoms with Crippen molar-refractivity contribution in [1.29, 1.82) is 0 Å². The monoisotopic (exact) mass is 531 g/mol. The smallest absolute Gasteiger partial charge is 0.444 e. The lowest BCUT2D eigenvalue weighted by Gasteiger charge is -2.41. The summed E-state index contributed by atoms with van der Waals surface area (Å²) in [6.07, 6.45) is 5.78. The molecular formula is C27H46BN5O5. The highest BCUT2D eigenvalue weighted by atomic mass is 16.7. The number of aromatic nitrogens is 2. The van der Waals surface area contributed by atoms with E-state index in [1.807, 2.05) is 32.6 Å². The van der Waals surface area contributed by atoms with E-state index in [4.69, 9.17) is 14.0 Å². The van der Waals surface area contributed by atoms with Crippen LogP contribution in [0.3, 0.4) is 0 Å². The van der Waals surface area contributed by atoms with Crippen LogP contribution in [0.5, 0.6) is 0 Å². The van der Waals surface area contributed by atoms with E-state index in [1.165, 1.54) is 0 Å². The van der Waals surface area contributed by atoms with Crippen LogP contribution in [0.15, 0.2) is 12.4 Å². The van der Waals surface area contributed by atoms with Crippen LogP contribution in [-0.2, 0) is 18.8 Å². The third-order valence-electron chi connectivity index (χ3n) is 7.49. The number of alkyl carbamates (subject to hydrolysis) is 1. The second-order valence-electron chi connectivity index (χ2n) is 12.7. The van der Waals surface area contributed by atoms with Gasteiger partial charge in [0.15, 0.2) is 0 Å². The molecule has 0 radical (unpaired) electrons. The topological polar surface area (TPSA) is 106 Å². The second-order valence-corrected chi connectivity index (χ2v) is 12.7. The van der Waals surface area contributed by atoms with Crippen molar-refractivity contribution in [2.45, 2.75) is 123 Å². The minimum Gasteiger partial charge on any atom is -0.444 e. The van der Waals surface area contributed by atoms with Gasteiger partial charge >= 0.3 is 13.2 Å². The molecule has 0 spiro atoms. The molecule has 0 aliphatic carbocycles. The highest BCUT2D eigenvalue weighted by molar-refractivity contribution is 6.61. The Labute approximate surface area is 228 Å². The van der Waals surface area contributed by atoms with Crippen LogP contribution in [0, 0.1) is 0 Å². The van der Waals surface area contributed by atoms with Gasteiger partial charge in [-0.15, -0.1) is 0 Å². The lowest BCUT2D eigenvalue weighted by atomic mass is 9.81. The minimum absolute atomic E-state index is 0.0205. The molecule has 1 aromatic heterocycles. The molecule has 212 valence electrons. The van der Waals surface area contributed by atoms with Crippen molar-refractivity contribution in [3.8, 4) is 0 Å². The molecule has 0 aromatic carbocycles. The van der Waals surface area contributed by atoms with Crippen LogP contribution in [0.4, 0.5) is 10.7 Å². The molecular weight excluding hydrogens is 485 g/mol. The van der Waals surface area contributed by atoms with Gasteiger partial charge in [-0.25, -0.2) is 14.8 Å². The molecule has 10 nitrogen and oxygen atoms in total. The summed E-state index contributed by atoms with van der Waals surface area (Å²) in [4.78, 5) is 38.9. The number of amides is 2. The molecule has 0 saturated carbocycles. The van der Waals surface area contributed by atoms with E-state index in [9.17, 15) is 9.59 Å². The van der Waals surface area contributed by atoms with Crippen LogP contribution >= 0.6 is 0 Å². The number of hydrogen-bond acceptors (Lipinski definition) is 8. The molecule has 2 aliphatic rings. The van der Waals surface area contributed by atoms with E-state index in [0.717, 1.165) is 24.7 Å². The third-order valence-corrected chi connectivity index (χ3v) is 7.49. The van der Waals surface area contributed by atoms with Crippen LogP contribution in [0.1, 0.15) is 88.5 Å². The summed E-state index contributed by atoms with van der Waals surface area (Å²) in [5.74, 6) is 0.486. The van der Waals surface area contributed by atoms with E-state index in [-0.39, 0.29) is 18.0 Å².